The summed E-state index contributed by atoms with van der Waals surface area (Å²) < 4.78 is 0. The van der Waals surface area contributed by atoms with Gasteiger partial charge in [0.2, 0.25) is 5.91 Å². The first-order chi connectivity index (χ1) is 20.2. The normalized spacial score (nSPS) is 13.4. The Morgan fingerprint density at radius 1 is 0.561 bits per heavy atom. The standard InChI is InChI=1S/C37H71NO3/c1-3-5-7-9-10-11-12-13-14-15-16-17-18-19-20-21-22-23-24-25-26-27-28-29-30-32-36(40)35(34-39)38-37(41)33-31-8-6-4-2/h26-27,30,32,35-36,39-40H,3-25,28-29,31,33-34H2,1-2H3,(H,38,41)/b27-26+,32-30+. The zero-order chi connectivity index (χ0) is 30.1. The van der Waals surface area contributed by atoms with E-state index in [4.69, 9.17) is 0 Å². The molecule has 0 saturated heterocycles. The van der Waals surface area contributed by atoms with Gasteiger partial charge in [-0.1, -0.05) is 173 Å². The highest BCUT2D eigenvalue weighted by Crippen LogP contribution is 2.15. The lowest BCUT2D eigenvalue weighted by molar-refractivity contribution is -0.123. The van der Waals surface area contributed by atoms with E-state index in [-0.39, 0.29) is 12.5 Å². The van der Waals surface area contributed by atoms with Crippen LogP contribution >= 0.6 is 0 Å². The highest BCUT2D eigenvalue weighted by atomic mass is 16.3. The van der Waals surface area contributed by atoms with Gasteiger partial charge in [0.25, 0.3) is 0 Å². The van der Waals surface area contributed by atoms with Gasteiger partial charge in [-0.2, -0.15) is 0 Å². The van der Waals surface area contributed by atoms with Crippen LogP contribution in [0.15, 0.2) is 24.3 Å². The molecular weight excluding hydrogens is 506 g/mol. The number of aliphatic hydroxyl groups is 2. The van der Waals surface area contributed by atoms with Gasteiger partial charge in [0.15, 0.2) is 0 Å². The molecule has 0 aliphatic heterocycles. The number of nitrogens with one attached hydrogen (secondary N) is 1. The van der Waals surface area contributed by atoms with Crippen LogP contribution in [0.4, 0.5) is 0 Å². The van der Waals surface area contributed by atoms with Crippen molar-refractivity contribution in [3.63, 3.8) is 0 Å². The zero-order valence-corrected chi connectivity index (χ0v) is 27.6. The molecule has 0 fully saturated rings. The van der Waals surface area contributed by atoms with E-state index in [1.165, 1.54) is 122 Å². The molecule has 4 heteroatoms. The minimum atomic E-state index is -0.854. The Hall–Kier alpha value is -1.13. The van der Waals surface area contributed by atoms with Gasteiger partial charge in [0.05, 0.1) is 18.8 Å². The minimum Gasteiger partial charge on any atom is -0.394 e. The molecule has 2 unspecified atom stereocenters. The first-order valence-electron chi connectivity index (χ1n) is 18.1. The molecule has 0 aromatic carbocycles. The number of rotatable bonds is 32. The molecule has 0 bridgehead atoms. The molecule has 4 nitrogen and oxygen atoms in total. The van der Waals surface area contributed by atoms with E-state index in [0.717, 1.165) is 44.9 Å². The van der Waals surface area contributed by atoms with Gasteiger partial charge in [0.1, 0.15) is 0 Å². The average molecular weight is 578 g/mol. The summed E-state index contributed by atoms with van der Waals surface area (Å²) in [7, 11) is 0. The number of aliphatic hydroxyl groups excluding tert-OH is 2. The molecule has 3 N–H and O–H groups in total. The Kier molecular flexibility index (Phi) is 32.5. The van der Waals surface area contributed by atoms with Crippen molar-refractivity contribution in [1.82, 2.24) is 5.32 Å². The molecule has 41 heavy (non-hydrogen) atoms. The maximum Gasteiger partial charge on any atom is 0.220 e. The molecular formula is C37H71NO3. The minimum absolute atomic E-state index is 0.0923. The van der Waals surface area contributed by atoms with Gasteiger partial charge in [-0.15, -0.1) is 0 Å². The third-order valence-corrected chi connectivity index (χ3v) is 8.19. The number of hydrogen-bond donors (Lipinski definition) is 3. The summed E-state index contributed by atoms with van der Waals surface area (Å²) in [6, 6.07) is -0.630. The van der Waals surface area contributed by atoms with Crippen molar-refractivity contribution in [3.8, 4) is 0 Å². The molecule has 2 atom stereocenters. The topological polar surface area (TPSA) is 69.6 Å². The highest BCUT2D eigenvalue weighted by molar-refractivity contribution is 5.76. The van der Waals surface area contributed by atoms with Crippen LogP contribution < -0.4 is 5.32 Å². The second kappa shape index (κ2) is 33.4. The summed E-state index contributed by atoms with van der Waals surface area (Å²) in [5.41, 5.74) is 0. The van der Waals surface area contributed by atoms with E-state index in [2.05, 4.69) is 31.3 Å². The fourth-order valence-electron chi connectivity index (χ4n) is 5.37. The summed E-state index contributed by atoms with van der Waals surface area (Å²) in [6.45, 7) is 4.18. The number of hydrogen-bond acceptors (Lipinski definition) is 3. The van der Waals surface area contributed by atoms with Gasteiger partial charge in [-0.25, -0.2) is 0 Å². The van der Waals surface area contributed by atoms with Crippen molar-refractivity contribution >= 4 is 5.91 Å². The third kappa shape index (κ3) is 30.1. The lowest BCUT2D eigenvalue weighted by atomic mass is 10.0. The first-order valence-corrected chi connectivity index (χ1v) is 18.1. The van der Waals surface area contributed by atoms with Crippen molar-refractivity contribution in [2.45, 2.75) is 199 Å². The van der Waals surface area contributed by atoms with Crippen molar-refractivity contribution in [3.05, 3.63) is 24.3 Å². The molecule has 0 rings (SSSR count). The molecule has 242 valence electrons. The van der Waals surface area contributed by atoms with Crippen molar-refractivity contribution in [2.75, 3.05) is 6.61 Å². The van der Waals surface area contributed by atoms with Gasteiger partial charge in [-0.05, 0) is 32.1 Å². The molecule has 0 saturated carbocycles. The second-order valence-corrected chi connectivity index (χ2v) is 12.3. The number of carbonyl (C=O) groups is 1. The molecule has 0 aliphatic rings. The van der Waals surface area contributed by atoms with E-state index >= 15 is 0 Å². The Morgan fingerprint density at radius 3 is 1.41 bits per heavy atom. The quantitative estimate of drug-likeness (QED) is 0.0550. The van der Waals surface area contributed by atoms with Gasteiger partial charge >= 0.3 is 0 Å². The Balaban J connectivity index is 3.47. The molecule has 0 spiro atoms. The van der Waals surface area contributed by atoms with Crippen LogP contribution in [-0.4, -0.2) is 34.9 Å². The maximum absolute atomic E-state index is 12.0. The van der Waals surface area contributed by atoms with Gasteiger partial charge < -0.3 is 15.5 Å². The zero-order valence-electron chi connectivity index (χ0n) is 27.6. The predicted octanol–water partition coefficient (Wildman–Crippen LogP) is 10.5. The molecule has 0 aromatic rings. The SMILES string of the molecule is CCCCCCCCCCCCCCCCCCCCC/C=C/CC/C=C/C(O)C(CO)NC(=O)CCCCCC. The molecule has 0 radical (unpaired) electrons. The van der Waals surface area contributed by atoms with Crippen LogP contribution in [0.1, 0.15) is 187 Å². The number of allylic oxidation sites excluding steroid dienone is 3. The van der Waals surface area contributed by atoms with Crippen LogP contribution in [0.5, 0.6) is 0 Å². The fraction of sp³-hybridized carbons (Fsp3) is 0.865. The summed E-state index contributed by atoms with van der Waals surface area (Å²) in [4.78, 5) is 12.0. The molecule has 0 heterocycles. The second-order valence-electron chi connectivity index (χ2n) is 12.3. The van der Waals surface area contributed by atoms with Gasteiger partial charge in [-0.3, -0.25) is 4.79 Å². The first kappa shape index (κ1) is 39.9. The summed E-state index contributed by atoms with van der Waals surface area (Å²) in [5.74, 6) is -0.0923. The third-order valence-electron chi connectivity index (χ3n) is 8.19. The summed E-state index contributed by atoms with van der Waals surface area (Å²) >= 11 is 0. The van der Waals surface area contributed by atoms with Crippen LogP contribution in [0.3, 0.4) is 0 Å². The van der Waals surface area contributed by atoms with Crippen molar-refractivity contribution < 1.29 is 15.0 Å². The smallest absolute Gasteiger partial charge is 0.220 e. The van der Waals surface area contributed by atoms with Crippen LogP contribution in [0.25, 0.3) is 0 Å². The van der Waals surface area contributed by atoms with Crippen LogP contribution in [0.2, 0.25) is 0 Å². The lowest BCUT2D eigenvalue weighted by Crippen LogP contribution is -2.45. The monoisotopic (exact) mass is 578 g/mol. The van der Waals surface area contributed by atoms with Crippen LogP contribution in [0, 0.1) is 0 Å². The van der Waals surface area contributed by atoms with E-state index < -0.39 is 12.1 Å². The van der Waals surface area contributed by atoms with Crippen molar-refractivity contribution in [2.24, 2.45) is 0 Å². The van der Waals surface area contributed by atoms with E-state index in [0.29, 0.717) is 6.42 Å². The van der Waals surface area contributed by atoms with Gasteiger partial charge in [0, 0.05) is 6.42 Å². The predicted molar refractivity (Wildman–Crippen MR) is 179 cm³/mol. The highest BCUT2D eigenvalue weighted by Gasteiger charge is 2.17. The largest absolute Gasteiger partial charge is 0.394 e. The summed E-state index contributed by atoms with van der Waals surface area (Å²) in [5, 5.41) is 22.6. The Bertz CT molecular complexity index is 589. The summed E-state index contributed by atoms with van der Waals surface area (Å²) in [6.07, 6.45) is 41.8. The number of carbonyl (C=O) groups excluding carboxylic acids is 1. The van der Waals surface area contributed by atoms with E-state index in [1.807, 2.05) is 6.08 Å². The Morgan fingerprint density at radius 2 is 0.951 bits per heavy atom. The molecule has 0 aliphatic carbocycles. The van der Waals surface area contributed by atoms with E-state index in [9.17, 15) is 15.0 Å². The molecule has 0 aromatic heterocycles. The average Bonchev–Trinajstić information content (AvgIpc) is 2.98. The van der Waals surface area contributed by atoms with Crippen LogP contribution in [-0.2, 0) is 4.79 Å². The lowest BCUT2D eigenvalue weighted by Gasteiger charge is -2.19. The maximum atomic E-state index is 12.0. The number of amides is 1. The Labute approximate surface area is 256 Å². The van der Waals surface area contributed by atoms with Crippen molar-refractivity contribution in [1.29, 1.82) is 0 Å². The fourth-order valence-corrected chi connectivity index (χ4v) is 5.37. The molecule has 1 amide bonds. The number of unbranched alkanes of at least 4 members (excludes halogenated alkanes) is 23. The van der Waals surface area contributed by atoms with E-state index in [1.54, 1.807) is 6.08 Å².